The van der Waals surface area contributed by atoms with Gasteiger partial charge in [-0.1, -0.05) is 6.07 Å². The van der Waals surface area contributed by atoms with E-state index in [1.54, 1.807) is 7.11 Å². The molecule has 1 aliphatic carbocycles. The molecule has 0 bridgehead atoms. The van der Waals surface area contributed by atoms with E-state index < -0.39 is 5.97 Å². The second kappa shape index (κ2) is 6.70. The van der Waals surface area contributed by atoms with Crippen LogP contribution in [-0.2, 0) is 22.4 Å². The minimum Gasteiger partial charge on any atom is -0.493 e. The van der Waals surface area contributed by atoms with Gasteiger partial charge < -0.3 is 19.5 Å². The third-order valence-corrected chi connectivity index (χ3v) is 5.00. The lowest BCUT2D eigenvalue weighted by Gasteiger charge is -2.35. The van der Waals surface area contributed by atoms with Gasteiger partial charge in [0.2, 0.25) is 0 Å². The van der Waals surface area contributed by atoms with Crippen LogP contribution in [0.4, 0.5) is 0 Å². The quantitative estimate of drug-likeness (QED) is 0.664. The molecule has 0 radical (unpaired) electrons. The van der Waals surface area contributed by atoms with E-state index in [4.69, 9.17) is 14.2 Å². The van der Waals surface area contributed by atoms with E-state index in [0.717, 1.165) is 41.6 Å². The highest BCUT2D eigenvalue weighted by Gasteiger charge is 2.33. The molecular weight excluding hydrogens is 346 g/mol. The summed E-state index contributed by atoms with van der Waals surface area (Å²) >= 11 is 0. The first-order valence-electron chi connectivity index (χ1n) is 8.95. The van der Waals surface area contributed by atoms with Crippen LogP contribution in [0.1, 0.15) is 36.6 Å². The van der Waals surface area contributed by atoms with Crippen molar-refractivity contribution in [2.45, 2.75) is 32.7 Å². The van der Waals surface area contributed by atoms with Crippen LogP contribution in [0.2, 0.25) is 0 Å². The van der Waals surface area contributed by atoms with Crippen molar-refractivity contribution in [3.8, 4) is 28.4 Å². The number of benzene rings is 2. The van der Waals surface area contributed by atoms with E-state index in [1.165, 1.54) is 19.4 Å². The zero-order valence-electron chi connectivity index (χ0n) is 15.5. The summed E-state index contributed by atoms with van der Waals surface area (Å²) in [4.78, 5) is 23.2. The van der Waals surface area contributed by atoms with Crippen LogP contribution in [0.25, 0.3) is 11.1 Å². The highest BCUT2D eigenvalue weighted by Crippen LogP contribution is 2.50. The van der Waals surface area contributed by atoms with Crippen molar-refractivity contribution in [2.24, 2.45) is 0 Å². The van der Waals surface area contributed by atoms with Crippen LogP contribution >= 0.6 is 0 Å². The summed E-state index contributed by atoms with van der Waals surface area (Å²) in [7, 11) is 1.55. The van der Waals surface area contributed by atoms with Crippen molar-refractivity contribution in [1.82, 2.24) is 5.32 Å². The first-order valence-corrected chi connectivity index (χ1v) is 8.95. The molecule has 6 heteroatoms. The van der Waals surface area contributed by atoms with Gasteiger partial charge >= 0.3 is 11.9 Å². The fourth-order valence-corrected chi connectivity index (χ4v) is 4.09. The van der Waals surface area contributed by atoms with Crippen molar-refractivity contribution in [3.05, 3.63) is 41.0 Å². The Hall–Kier alpha value is -2.86. The number of ether oxygens (including phenoxy) is 3. The molecule has 27 heavy (non-hydrogen) atoms. The molecule has 0 amide bonds. The lowest BCUT2D eigenvalue weighted by molar-refractivity contribution is -0.132. The molecule has 1 N–H and O–H groups in total. The third-order valence-electron chi connectivity index (χ3n) is 5.00. The second-order valence-corrected chi connectivity index (χ2v) is 6.82. The third kappa shape index (κ3) is 3.06. The van der Waals surface area contributed by atoms with E-state index in [2.05, 4.69) is 5.32 Å². The average Bonchev–Trinajstić information content (AvgIpc) is 2.61. The van der Waals surface area contributed by atoms with E-state index in [1.807, 2.05) is 24.3 Å². The van der Waals surface area contributed by atoms with Crippen LogP contribution in [-0.4, -0.2) is 25.6 Å². The first-order chi connectivity index (χ1) is 13.0. The van der Waals surface area contributed by atoms with Crippen molar-refractivity contribution in [3.63, 3.8) is 0 Å². The van der Waals surface area contributed by atoms with Crippen molar-refractivity contribution >= 4 is 11.9 Å². The van der Waals surface area contributed by atoms with Gasteiger partial charge in [-0.05, 0) is 59.8 Å². The zero-order valence-corrected chi connectivity index (χ0v) is 15.5. The molecule has 0 aromatic heterocycles. The van der Waals surface area contributed by atoms with Crippen molar-refractivity contribution in [2.75, 3.05) is 13.7 Å². The molecule has 1 aliphatic heterocycles. The van der Waals surface area contributed by atoms with Crippen LogP contribution < -0.4 is 19.5 Å². The van der Waals surface area contributed by atoms with Gasteiger partial charge in [0.15, 0.2) is 11.5 Å². The van der Waals surface area contributed by atoms with Gasteiger partial charge in [-0.15, -0.1) is 0 Å². The topological polar surface area (TPSA) is 73.9 Å². The number of carbonyl (C=O) groups excluding carboxylic acids is 2. The molecule has 140 valence electrons. The summed E-state index contributed by atoms with van der Waals surface area (Å²) in [5.41, 5.74) is 5.12. The first kappa shape index (κ1) is 17.5. The van der Waals surface area contributed by atoms with Gasteiger partial charge in [-0.25, -0.2) is 0 Å². The molecule has 0 spiro atoms. The maximum Gasteiger partial charge on any atom is 0.308 e. The van der Waals surface area contributed by atoms with Gasteiger partial charge in [0, 0.05) is 25.5 Å². The Morgan fingerprint density at radius 2 is 1.85 bits per heavy atom. The summed E-state index contributed by atoms with van der Waals surface area (Å²) < 4.78 is 16.4. The fraction of sp³-hybridized carbons (Fsp3) is 0.333. The van der Waals surface area contributed by atoms with E-state index >= 15 is 0 Å². The molecule has 2 aromatic carbocycles. The predicted octanol–water partition coefficient (Wildman–Crippen LogP) is 2.96. The number of methoxy groups -OCH3 is 1. The largest absolute Gasteiger partial charge is 0.493 e. The maximum absolute atomic E-state index is 11.7. The SMILES string of the molecule is COc1ccc2c(c1OC(C)=O)-c1cc(OC(C)=O)cc3c1C(C2)NCC3. The number of hydrogen-bond acceptors (Lipinski definition) is 6. The Morgan fingerprint density at radius 3 is 2.56 bits per heavy atom. The number of rotatable bonds is 3. The molecule has 0 saturated heterocycles. The molecule has 6 nitrogen and oxygen atoms in total. The van der Waals surface area contributed by atoms with Crippen LogP contribution in [0.3, 0.4) is 0 Å². The Bertz CT molecular complexity index is 950. The number of hydrogen-bond donors (Lipinski definition) is 1. The van der Waals surface area contributed by atoms with Gasteiger partial charge in [0.25, 0.3) is 0 Å². The number of carbonyl (C=O) groups is 2. The number of esters is 2. The molecule has 4 rings (SSSR count). The van der Waals surface area contributed by atoms with Crippen molar-refractivity contribution in [1.29, 1.82) is 0 Å². The van der Waals surface area contributed by atoms with Crippen LogP contribution in [0.5, 0.6) is 17.2 Å². The second-order valence-electron chi connectivity index (χ2n) is 6.82. The molecule has 2 aromatic rings. The standard InChI is InChI=1S/C21H21NO5/c1-11(23)26-15-8-14-6-7-22-17-9-13-4-5-18(25-3)21(27-12(2)24)20(13)16(10-15)19(14)17/h4-5,8,10,17,22H,6-7,9H2,1-3H3. The molecule has 1 atom stereocenters. The van der Waals surface area contributed by atoms with E-state index in [0.29, 0.717) is 17.2 Å². The fourth-order valence-electron chi connectivity index (χ4n) is 4.09. The lowest BCUT2D eigenvalue weighted by Crippen LogP contribution is -2.34. The smallest absolute Gasteiger partial charge is 0.308 e. The summed E-state index contributed by atoms with van der Waals surface area (Å²) in [6.45, 7) is 3.62. The highest BCUT2D eigenvalue weighted by atomic mass is 16.6. The van der Waals surface area contributed by atoms with Gasteiger partial charge in [0.1, 0.15) is 5.75 Å². The zero-order chi connectivity index (χ0) is 19.1. The van der Waals surface area contributed by atoms with E-state index in [-0.39, 0.29) is 12.0 Å². The summed E-state index contributed by atoms with van der Waals surface area (Å²) in [6, 6.07) is 7.79. The lowest BCUT2D eigenvalue weighted by atomic mass is 9.77. The number of fused-ring (bicyclic) bond motifs is 2. The average molecular weight is 367 g/mol. The molecule has 0 saturated carbocycles. The van der Waals surface area contributed by atoms with Gasteiger partial charge in [-0.2, -0.15) is 0 Å². The molecule has 1 unspecified atom stereocenters. The molecule has 0 fully saturated rings. The molecule has 1 heterocycles. The molecule has 2 aliphatic rings. The number of nitrogens with one attached hydrogen (secondary N) is 1. The Kier molecular flexibility index (Phi) is 4.36. The summed E-state index contributed by atoms with van der Waals surface area (Å²) in [5, 5.41) is 3.56. The predicted molar refractivity (Wildman–Crippen MR) is 99.2 cm³/mol. The molecular formula is C21H21NO5. The van der Waals surface area contributed by atoms with Crippen LogP contribution in [0, 0.1) is 0 Å². The Morgan fingerprint density at radius 1 is 1.07 bits per heavy atom. The van der Waals surface area contributed by atoms with E-state index in [9.17, 15) is 9.59 Å². The highest BCUT2D eigenvalue weighted by molar-refractivity contribution is 5.86. The Labute approximate surface area is 157 Å². The summed E-state index contributed by atoms with van der Waals surface area (Å²) in [6.07, 6.45) is 1.64. The Balaban J connectivity index is 1.99. The van der Waals surface area contributed by atoms with Gasteiger partial charge in [0.05, 0.1) is 7.11 Å². The normalized spacial score (nSPS) is 16.8. The summed E-state index contributed by atoms with van der Waals surface area (Å²) in [5.74, 6) is 0.634. The van der Waals surface area contributed by atoms with Crippen molar-refractivity contribution < 1.29 is 23.8 Å². The van der Waals surface area contributed by atoms with Gasteiger partial charge in [-0.3, -0.25) is 9.59 Å². The maximum atomic E-state index is 11.7. The minimum atomic E-state index is -0.410. The monoisotopic (exact) mass is 367 g/mol. The minimum absolute atomic E-state index is 0.182. The van der Waals surface area contributed by atoms with Crippen LogP contribution in [0.15, 0.2) is 24.3 Å².